The molecule has 3 amide bonds. The van der Waals surface area contributed by atoms with Crippen molar-refractivity contribution in [1.29, 1.82) is 0 Å². The average molecular weight is 891 g/mol. The fraction of sp³-hybridized carbons (Fsp3) is 0.422. The molecule has 19 heteroatoms. The zero-order valence-corrected chi connectivity index (χ0v) is 37.7. The minimum Gasteiger partial charge on any atom is -0.494 e. The average Bonchev–Trinajstić information content (AvgIpc) is 3.64. The molecule has 1 aliphatic heterocycles. The Bertz CT molecular complexity index is 2750. The van der Waals surface area contributed by atoms with E-state index in [0.717, 1.165) is 56.5 Å². The molecular weight excluding hydrogens is 837 g/mol. The molecule has 6 aromatic rings. The SMILES string of the molecule is CCc1nc(C)sc1C(=O)Nc1nc2cc(C=O)cc(OC)c2n1C/C=C/Cn1c(NC(=O)c2cc(C)nn2CC)nc2cc(C(N)=O)cc(OCCCN3CCN(C4CC4)CC3)c21. The van der Waals surface area contributed by atoms with Crippen molar-refractivity contribution >= 4 is 69.3 Å². The number of aryl methyl sites for hydroxylation is 4. The highest BCUT2D eigenvalue weighted by molar-refractivity contribution is 7.13. The van der Waals surface area contributed by atoms with Crippen molar-refractivity contribution < 1.29 is 28.7 Å². The number of aromatic nitrogens is 7. The maximum absolute atomic E-state index is 13.9. The van der Waals surface area contributed by atoms with Gasteiger partial charge in [-0.3, -0.25) is 39.4 Å². The van der Waals surface area contributed by atoms with Crippen LogP contribution in [0.2, 0.25) is 0 Å². The van der Waals surface area contributed by atoms with Gasteiger partial charge in [-0.2, -0.15) is 5.10 Å². The first-order valence-corrected chi connectivity index (χ1v) is 22.5. The first kappa shape index (κ1) is 44.2. The van der Waals surface area contributed by atoms with Crippen molar-refractivity contribution in [3.8, 4) is 11.5 Å². The highest BCUT2D eigenvalue weighted by Crippen LogP contribution is 2.34. The number of amides is 3. The molecule has 4 aromatic heterocycles. The molecule has 2 aliphatic rings. The van der Waals surface area contributed by atoms with Crippen molar-refractivity contribution in [3.05, 3.63) is 80.6 Å². The lowest BCUT2D eigenvalue weighted by Crippen LogP contribution is -2.47. The largest absolute Gasteiger partial charge is 0.494 e. The van der Waals surface area contributed by atoms with Gasteiger partial charge in [-0.05, 0) is 76.8 Å². The fourth-order valence-electron chi connectivity index (χ4n) is 8.31. The summed E-state index contributed by atoms with van der Waals surface area (Å²) in [6, 6.07) is 8.98. The van der Waals surface area contributed by atoms with E-state index in [-0.39, 0.29) is 36.5 Å². The third-order valence-corrected chi connectivity index (χ3v) is 12.6. The summed E-state index contributed by atoms with van der Waals surface area (Å²) in [6.07, 6.45) is 8.48. The van der Waals surface area contributed by atoms with Gasteiger partial charge in [-0.1, -0.05) is 19.1 Å². The minimum atomic E-state index is -0.634. The number of piperazine rings is 1. The molecule has 4 N–H and O–H groups in total. The number of benzene rings is 2. The molecule has 1 aliphatic carbocycles. The third-order valence-electron chi connectivity index (χ3n) is 11.6. The Morgan fingerprint density at radius 2 is 1.55 bits per heavy atom. The van der Waals surface area contributed by atoms with Crippen molar-refractivity contribution in [2.24, 2.45) is 5.73 Å². The van der Waals surface area contributed by atoms with Crippen molar-refractivity contribution in [1.82, 2.24) is 43.7 Å². The predicted molar refractivity (Wildman–Crippen MR) is 245 cm³/mol. The van der Waals surface area contributed by atoms with E-state index in [0.29, 0.717) is 80.7 Å². The van der Waals surface area contributed by atoms with Gasteiger partial charge in [0, 0.05) is 69.5 Å². The first-order chi connectivity index (χ1) is 31.0. The summed E-state index contributed by atoms with van der Waals surface area (Å²) in [7, 11) is 1.51. The number of hydrogen-bond donors (Lipinski definition) is 3. The zero-order valence-electron chi connectivity index (χ0n) is 36.8. The van der Waals surface area contributed by atoms with Gasteiger partial charge in [0.1, 0.15) is 39.4 Å². The first-order valence-electron chi connectivity index (χ1n) is 21.7. The summed E-state index contributed by atoms with van der Waals surface area (Å²) in [6.45, 7) is 13.9. The van der Waals surface area contributed by atoms with E-state index < -0.39 is 11.8 Å². The van der Waals surface area contributed by atoms with Crippen LogP contribution in [0.25, 0.3) is 22.1 Å². The Kier molecular flexibility index (Phi) is 13.2. The number of nitrogens with one attached hydrogen (secondary N) is 2. The number of rotatable bonds is 19. The summed E-state index contributed by atoms with van der Waals surface area (Å²) < 4.78 is 17.5. The Hall–Kier alpha value is -6.44. The Morgan fingerprint density at radius 3 is 2.17 bits per heavy atom. The van der Waals surface area contributed by atoms with Crippen LogP contribution < -0.4 is 25.8 Å². The number of nitrogens with zero attached hydrogens (tertiary/aromatic N) is 9. The number of carbonyl (C=O) groups is 4. The van der Waals surface area contributed by atoms with E-state index in [1.807, 2.05) is 44.4 Å². The van der Waals surface area contributed by atoms with Crippen LogP contribution in [-0.2, 0) is 26.1 Å². The molecule has 64 heavy (non-hydrogen) atoms. The lowest BCUT2D eigenvalue weighted by atomic mass is 10.1. The fourth-order valence-corrected chi connectivity index (χ4v) is 9.21. The lowest BCUT2D eigenvalue weighted by Gasteiger charge is -2.34. The zero-order chi connectivity index (χ0) is 45.1. The number of primary amides is 1. The molecule has 0 atom stereocenters. The third kappa shape index (κ3) is 9.41. The number of nitrogens with two attached hydrogens (primary N) is 1. The molecule has 8 rings (SSSR count). The molecule has 1 saturated carbocycles. The Morgan fingerprint density at radius 1 is 0.875 bits per heavy atom. The van der Waals surface area contributed by atoms with E-state index in [2.05, 4.69) is 30.5 Å². The van der Waals surface area contributed by atoms with Gasteiger partial charge in [-0.15, -0.1) is 11.3 Å². The summed E-state index contributed by atoms with van der Waals surface area (Å²) in [4.78, 5) is 71.7. The molecule has 2 aromatic carbocycles. The van der Waals surface area contributed by atoms with E-state index in [1.54, 1.807) is 39.6 Å². The minimum absolute atomic E-state index is 0.205. The van der Waals surface area contributed by atoms with Crippen LogP contribution in [0.3, 0.4) is 0 Å². The van der Waals surface area contributed by atoms with Crippen LogP contribution in [-0.4, -0.2) is 120 Å². The highest BCUT2D eigenvalue weighted by Gasteiger charge is 2.31. The van der Waals surface area contributed by atoms with Crippen LogP contribution in [0.1, 0.15) is 90.4 Å². The molecule has 1 saturated heterocycles. The summed E-state index contributed by atoms with van der Waals surface area (Å²) >= 11 is 1.31. The normalized spacial score (nSPS) is 14.8. The summed E-state index contributed by atoms with van der Waals surface area (Å²) in [5.41, 5.74) is 10.2. The topological polar surface area (TPSA) is 210 Å². The number of imidazole rings is 2. The van der Waals surface area contributed by atoms with E-state index in [1.165, 1.54) is 31.3 Å². The van der Waals surface area contributed by atoms with Crippen LogP contribution in [0.15, 0.2) is 42.5 Å². The maximum Gasteiger partial charge on any atom is 0.276 e. The van der Waals surface area contributed by atoms with Gasteiger partial charge in [-0.25, -0.2) is 15.0 Å². The van der Waals surface area contributed by atoms with E-state index in [4.69, 9.17) is 25.2 Å². The van der Waals surface area contributed by atoms with Gasteiger partial charge in [0.25, 0.3) is 11.8 Å². The molecule has 0 unspecified atom stereocenters. The van der Waals surface area contributed by atoms with Crippen molar-refractivity contribution in [3.63, 3.8) is 0 Å². The lowest BCUT2D eigenvalue weighted by molar-refractivity contribution is 0.0995. The molecule has 0 spiro atoms. The molecule has 0 radical (unpaired) electrons. The monoisotopic (exact) mass is 890 g/mol. The summed E-state index contributed by atoms with van der Waals surface area (Å²) in [5, 5.41) is 11.2. The van der Waals surface area contributed by atoms with Crippen LogP contribution >= 0.6 is 11.3 Å². The second-order valence-electron chi connectivity index (χ2n) is 16.0. The number of aldehydes is 1. The second-order valence-corrected chi connectivity index (χ2v) is 17.2. The van der Waals surface area contributed by atoms with Crippen LogP contribution in [0.4, 0.5) is 11.9 Å². The number of anilines is 2. The Labute approximate surface area is 374 Å². The number of fused-ring (bicyclic) bond motifs is 2. The van der Waals surface area contributed by atoms with Gasteiger partial charge in [0.15, 0.2) is 0 Å². The molecule has 5 heterocycles. The standard InChI is InChI=1S/C45H54N12O6S/c1-6-32-40(64-28(4)47-32)43(61)51-45-48-33-22-29(26-58)23-36(62-5)38(33)55(45)14-8-9-15-56-39-34(49-44(56)50-42(60)35-21-27(3)52-57(35)7-2)24-30(41(46)59)25-37(39)63-20-10-13-53-16-18-54(19-17-53)31-11-12-31/h8-9,21-26,31H,6-7,10-20H2,1-5H3,(H2,46,59)(H,48,51,61)(H,49,50,60)/b9-8+. The van der Waals surface area contributed by atoms with Crippen LogP contribution in [0.5, 0.6) is 11.5 Å². The molecule has 0 bridgehead atoms. The van der Waals surface area contributed by atoms with Crippen LogP contribution in [0, 0.1) is 13.8 Å². The number of thiazole rings is 1. The molecule has 18 nitrogen and oxygen atoms in total. The van der Waals surface area contributed by atoms with Gasteiger partial charge in [0.05, 0.1) is 41.1 Å². The molecule has 2 fully saturated rings. The van der Waals surface area contributed by atoms with E-state index >= 15 is 0 Å². The van der Waals surface area contributed by atoms with Gasteiger partial charge in [0.2, 0.25) is 17.8 Å². The van der Waals surface area contributed by atoms with Crippen molar-refractivity contribution in [2.45, 2.75) is 79.1 Å². The predicted octanol–water partition coefficient (Wildman–Crippen LogP) is 5.47. The smallest absolute Gasteiger partial charge is 0.276 e. The number of carbonyl (C=O) groups excluding carboxylic acids is 4. The Balaban J connectivity index is 1.11. The quantitative estimate of drug-likeness (QED) is 0.0526. The number of allylic oxidation sites excluding steroid dienone is 2. The van der Waals surface area contributed by atoms with Gasteiger partial charge < -0.3 is 29.2 Å². The maximum atomic E-state index is 13.9. The van der Waals surface area contributed by atoms with E-state index in [9.17, 15) is 19.2 Å². The molecular formula is C45H54N12O6S. The summed E-state index contributed by atoms with van der Waals surface area (Å²) in [5.74, 6) is -0.0944. The number of methoxy groups -OCH3 is 1. The van der Waals surface area contributed by atoms with Crippen molar-refractivity contribution in [2.75, 3.05) is 57.1 Å². The number of hydrogen-bond acceptors (Lipinski definition) is 13. The number of ether oxygens (including phenoxy) is 2. The second kappa shape index (κ2) is 19.1. The highest BCUT2D eigenvalue weighted by atomic mass is 32.1. The molecule has 336 valence electrons. The van der Waals surface area contributed by atoms with Gasteiger partial charge >= 0.3 is 0 Å².